The first-order valence-corrected chi connectivity index (χ1v) is 6.74. The highest BCUT2D eigenvalue weighted by Crippen LogP contribution is 2.16. The molecule has 5 nitrogen and oxygen atoms in total. The molecule has 0 aromatic carbocycles. The predicted molar refractivity (Wildman–Crippen MR) is 72.6 cm³/mol. The Kier molecular flexibility index (Phi) is 5.56. The number of hydrogen-bond acceptors (Lipinski definition) is 4. The number of likely N-dealkylation sites (N-methyl/N-ethyl adjacent to an activating group) is 2. The average molecular weight is 257 g/mol. The second-order valence-electron chi connectivity index (χ2n) is 5.87. The van der Waals surface area contributed by atoms with Gasteiger partial charge in [0, 0.05) is 12.6 Å². The van der Waals surface area contributed by atoms with Gasteiger partial charge in [-0.2, -0.15) is 0 Å². The molecular weight excluding hydrogens is 230 g/mol. The van der Waals surface area contributed by atoms with E-state index in [2.05, 4.69) is 23.9 Å². The van der Waals surface area contributed by atoms with Crippen molar-refractivity contribution in [1.29, 1.82) is 0 Å². The van der Waals surface area contributed by atoms with Crippen LogP contribution in [0.15, 0.2) is 0 Å². The zero-order chi connectivity index (χ0) is 13.8. The molecule has 1 saturated heterocycles. The van der Waals surface area contributed by atoms with Crippen molar-refractivity contribution >= 4 is 5.97 Å². The van der Waals surface area contributed by atoms with Gasteiger partial charge in [-0.05, 0) is 59.8 Å². The highest BCUT2D eigenvalue weighted by molar-refractivity contribution is 5.77. The second kappa shape index (κ2) is 6.50. The van der Waals surface area contributed by atoms with Gasteiger partial charge in [0.05, 0.1) is 0 Å². The zero-order valence-electron chi connectivity index (χ0n) is 11.9. The highest BCUT2D eigenvalue weighted by atomic mass is 16.4. The zero-order valence-corrected chi connectivity index (χ0v) is 11.9. The summed E-state index contributed by atoms with van der Waals surface area (Å²) < 4.78 is 0. The Morgan fingerprint density at radius 3 is 2.78 bits per heavy atom. The van der Waals surface area contributed by atoms with Crippen molar-refractivity contribution < 1.29 is 9.90 Å². The molecule has 2 unspecified atom stereocenters. The third kappa shape index (κ3) is 4.55. The summed E-state index contributed by atoms with van der Waals surface area (Å²) in [7, 11) is 4.27. The summed E-state index contributed by atoms with van der Waals surface area (Å²) >= 11 is 0. The summed E-state index contributed by atoms with van der Waals surface area (Å²) in [6.45, 7) is 4.74. The molecule has 1 heterocycles. The highest BCUT2D eigenvalue weighted by Gasteiger charge is 2.27. The number of aliphatic carboxylic acids is 1. The molecule has 0 radical (unpaired) electrons. The molecule has 0 bridgehead atoms. The van der Waals surface area contributed by atoms with E-state index in [0.717, 1.165) is 19.5 Å². The van der Waals surface area contributed by atoms with Gasteiger partial charge in [-0.1, -0.05) is 0 Å². The average Bonchev–Trinajstić information content (AvgIpc) is 2.64. The van der Waals surface area contributed by atoms with Crippen molar-refractivity contribution in [3.63, 3.8) is 0 Å². The lowest BCUT2D eigenvalue weighted by Crippen LogP contribution is -2.45. The van der Waals surface area contributed by atoms with E-state index in [1.807, 2.05) is 0 Å². The normalized spacial score (nSPS) is 24.4. The summed E-state index contributed by atoms with van der Waals surface area (Å²) in [5, 5.41) is 8.93. The minimum atomic E-state index is -1.09. The minimum Gasteiger partial charge on any atom is -0.480 e. The standard InChI is InChI=1S/C13H27N3O2/c1-13(14,12(17)18)7-5-8-15(2)10-11-6-4-9-16(11)3/h11H,4-10,14H2,1-3H3,(H,17,18). The van der Waals surface area contributed by atoms with E-state index < -0.39 is 11.5 Å². The fraction of sp³-hybridized carbons (Fsp3) is 0.923. The third-order valence-corrected chi connectivity index (χ3v) is 3.92. The van der Waals surface area contributed by atoms with Gasteiger partial charge >= 0.3 is 5.97 Å². The van der Waals surface area contributed by atoms with Crippen molar-refractivity contribution in [2.75, 3.05) is 33.7 Å². The Balaban J connectivity index is 2.21. The van der Waals surface area contributed by atoms with E-state index in [1.165, 1.54) is 19.4 Å². The fourth-order valence-electron chi connectivity index (χ4n) is 2.48. The summed E-state index contributed by atoms with van der Waals surface area (Å²) in [6, 6.07) is 0.652. The lowest BCUT2D eigenvalue weighted by molar-refractivity contribution is -0.142. The molecule has 1 fully saturated rings. The number of carbonyl (C=O) groups is 1. The molecule has 5 heteroatoms. The van der Waals surface area contributed by atoms with E-state index in [-0.39, 0.29) is 0 Å². The number of carboxylic acid groups (broad SMARTS) is 1. The number of carboxylic acids is 1. The molecule has 0 aromatic rings. The quantitative estimate of drug-likeness (QED) is 0.699. The Morgan fingerprint density at radius 2 is 2.28 bits per heavy atom. The number of likely N-dealkylation sites (tertiary alicyclic amines) is 1. The second-order valence-corrected chi connectivity index (χ2v) is 5.87. The lowest BCUT2D eigenvalue weighted by atomic mass is 9.97. The molecule has 2 atom stereocenters. The Morgan fingerprint density at radius 1 is 1.61 bits per heavy atom. The van der Waals surface area contributed by atoms with Crippen LogP contribution >= 0.6 is 0 Å². The summed E-state index contributed by atoms with van der Waals surface area (Å²) in [5.41, 5.74) is 4.61. The van der Waals surface area contributed by atoms with Gasteiger partial charge in [0.15, 0.2) is 0 Å². The molecule has 1 rings (SSSR count). The Hall–Kier alpha value is -0.650. The van der Waals surface area contributed by atoms with Crippen LogP contribution in [-0.4, -0.2) is 66.2 Å². The Labute approximate surface area is 110 Å². The fourth-order valence-corrected chi connectivity index (χ4v) is 2.48. The van der Waals surface area contributed by atoms with E-state index in [9.17, 15) is 4.79 Å². The first-order chi connectivity index (χ1) is 8.33. The summed E-state index contributed by atoms with van der Waals surface area (Å²) in [5.74, 6) is -0.916. The van der Waals surface area contributed by atoms with Gasteiger partial charge in [0.2, 0.25) is 0 Å². The minimum absolute atomic E-state index is 0.521. The molecular formula is C13H27N3O2. The van der Waals surface area contributed by atoms with Crippen molar-refractivity contribution in [3.05, 3.63) is 0 Å². The molecule has 18 heavy (non-hydrogen) atoms. The molecule has 1 aliphatic heterocycles. The van der Waals surface area contributed by atoms with Gasteiger partial charge in [-0.25, -0.2) is 0 Å². The van der Waals surface area contributed by atoms with E-state index in [1.54, 1.807) is 6.92 Å². The smallest absolute Gasteiger partial charge is 0.323 e. The van der Waals surface area contributed by atoms with Crippen LogP contribution in [0.2, 0.25) is 0 Å². The summed E-state index contributed by atoms with van der Waals surface area (Å²) in [6.07, 6.45) is 3.90. The maximum atomic E-state index is 10.9. The largest absolute Gasteiger partial charge is 0.480 e. The monoisotopic (exact) mass is 257 g/mol. The van der Waals surface area contributed by atoms with Crippen LogP contribution in [0.4, 0.5) is 0 Å². The first-order valence-electron chi connectivity index (χ1n) is 6.74. The predicted octanol–water partition coefficient (Wildman–Crippen LogP) is 0.595. The molecule has 106 valence electrons. The van der Waals surface area contributed by atoms with Crippen LogP contribution in [-0.2, 0) is 4.79 Å². The summed E-state index contributed by atoms with van der Waals surface area (Å²) in [4.78, 5) is 15.6. The number of rotatable bonds is 7. The van der Waals surface area contributed by atoms with Crippen LogP contribution in [0.1, 0.15) is 32.6 Å². The van der Waals surface area contributed by atoms with Crippen molar-refractivity contribution in [2.24, 2.45) is 5.73 Å². The van der Waals surface area contributed by atoms with Gasteiger partial charge in [-0.3, -0.25) is 4.79 Å². The van der Waals surface area contributed by atoms with Crippen LogP contribution in [0, 0.1) is 0 Å². The number of hydrogen-bond donors (Lipinski definition) is 2. The van der Waals surface area contributed by atoms with Crippen molar-refractivity contribution in [3.8, 4) is 0 Å². The maximum absolute atomic E-state index is 10.9. The van der Waals surface area contributed by atoms with E-state index in [0.29, 0.717) is 12.5 Å². The van der Waals surface area contributed by atoms with Crippen LogP contribution in [0.3, 0.4) is 0 Å². The van der Waals surface area contributed by atoms with Gasteiger partial charge in [0.25, 0.3) is 0 Å². The molecule has 0 aliphatic carbocycles. The van der Waals surface area contributed by atoms with Crippen molar-refractivity contribution in [2.45, 2.75) is 44.2 Å². The van der Waals surface area contributed by atoms with Gasteiger partial charge in [0.1, 0.15) is 5.54 Å². The molecule has 0 saturated carbocycles. The molecule has 0 amide bonds. The SMILES string of the molecule is CN(CCCC(C)(N)C(=O)O)CC1CCCN1C. The van der Waals surface area contributed by atoms with Crippen LogP contribution in [0.25, 0.3) is 0 Å². The van der Waals surface area contributed by atoms with Gasteiger partial charge < -0.3 is 20.6 Å². The van der Waals surface area contributed by atoms with Gasteiger partial charge in [-0.15, -0.1) is 0 Å². The van der Waals surface area contributed by atoms with E-state index in [4.69, 9.17) is 10.8 Å². The third-order valence-electron chi connectivity index (χ3n) is 3.92. The Bertz CT molecular complexity index is 281. The maximum Gasteiger partial charge on any atom is 0.323 e. The molecule has 0 spiro atoms. The van der Waals surface area contributed by atoms with Crippen LogP contribution in [0.5, 0.6) is 0 Å². The lowest BCUT2D eigenvalue weighted by Gasteiger charge is -2.26. The number of nitrogens with two attached hydrogens (primary N) is 1. The molecule has 0 aromatic heterocycles. The molecule has 3 N–H and O–H groups in total. The topological polar surface area (TPSA) is 69.8 Å². The number of nitrogens with zero attached hydrogens (tertiary/aromatic N) is 2. The van der Waals surface area contributed by atoms with Crippen LogP contribution < -0.4 is 5.73 Å². The molecule has 1 aliphatic rings. The first kappa shape index (κ1) is 15.4. The van der Waals surface area contributed by atoms with E-state index >= 15 is 0 Å². The van der Waals surface area contributed by atoms with Crippen molar-refractivity contribution in [1.82, 2.24) is 9.80 Å².